The molecule has 0 saturated heterocycles. The van der Waals surface area contributed by atoms with Crippen LogP contribution in [0.5, 0.6) is 0 Å². The molecule has 3 N–H and O–H groups in total. The van der Waals surface area contributed by atoms with Crippen LogP contribution in [0.1, 0.15) is 0 Å². The van der Waals surface area contributed by atoms with Crippen LogP contribution < -0.4 is 15.9 Å². The predicted octanol–water partition coefficient (Wildman–Crippen LogP) is 0.513. The van der Waals surface area contributed by atoms with Crippen molar-refractivity contribution in [3.8, 4) is 0 Å². The fraction of sp³-hybridized carbons (Fsp3) is 0. The third-order valence-corrected chi connectivity index (χ3v) is 2.19. The largest absolute Gasteiger partial charge is 0.603 e. The summed E-state index contributed by atoms with van der Waals surface area (Å²) in [7, 11) is 0. The van der Waals surface area contributed by atoms with Gasteiger partial charge in [0.05, 0.1) is 0 Å². The van der Waals surface area contributed by atoms with E-state index >= 15 is 0 Å². The van der Waals surface area contributed by atoms with Crippen molar-refractivity contribution < 1.29 is 9.97 Å². The molecule has 0 bridgehead atoms. The van der Waals surface area contributed by atoms with E-state index in [9.17, 15) is 10.0 Å². The molecule has 68 valence electrons. The van der Waals surface area contributed by atoms with Crippen molar-refractivity contribution >= 4 is 33.3 Å². The lowest BCUT2D eigenvalue weighted by Gasteiger charge is -2.27. The van der Waals surface area contributed by atoms with Gasteiger partial charge < -0.3 is 5.21 Å². The summed E-state index contributed by atoms with van der Waals surface area (Å²) in [6.45, 7) is 0. The highest BCUT2D eigenvalue weighted by molar-refractivity contribution is 9.10. The summed E-state index contributed by atoms with van der Waals surface area (Å²) in [6.07, 6.45) is 0. The fourth-order valence-corrected chi connectivity index (χ4v) is 1.50. The van der Waals surface area contributed by atoms with Crippen LogP contribution in [0.4, 0.5) is 16.2 Å². The lowest BCUT2D eigenvalue weighted by Crippen LogP contribution is -3.11. The number of carbonyl (C=O) groups is 1. The van der Waals surface area contributed by atoms with Gasteiger partial charge in [0, 0.05) is 10.5 Å². The SMILES string of the molecule is O=C1Nc2ccc(Br)cc2[NH+]([O-])N1. The van der Waals surface area contributed by atoms with E-state index in [1.807, 2.05) is 0 Å². The first-order chi connectivity index (χ1) is 6.16. The molecule has 0 radical (unpaired) electrons. The third kappa shape index (κ3) is 1.51. The maximum absolute atomic E-state index is 11.3. The van der Waals surface area contributed by atoms with Crippen LogP contribution in [0, 0.1) is 5.21 Å². The van der Waals surface area contributed by atoms with Crippen molar-refractivity contribution in [2.24, 2.45) is 0 Å². The Labute approximate surface area is 82.4 Å². The quantitative estimate of drug-likeness (QED) is 0.582. The Balaban J connectivity index is 2.49. The van der Waals surface area contributed by atoms with Crippen molar-refractivity contribution in [2.75, 3.05) is 5.32 Å². The molecule has 1 heterocycles. The van der Waals surface area contributed by atoms with Gasteiger partial charge in [0.2, 0.25) is 0 Å². The number of hydrogen-bond acceptors (Lipinski definition) is 2. The molecule has 2 amide bonds. The number of rotatable bonds is 0. The second-order valence-corrected chi connectivity index (χ2v) is 3.51. The summed E-state index contributed by atoms with van der Waals surface area (Å²) < 4.78 is 0.803. The molecule has 0 aliphatic carbocycles. The highest BCUT2D eigenvalue weighted by Gasteiger charge is 2.20. The molecule has 1 aliphatic rings. The molecule has 0 spiro atoms. The Hall–Kier alpha value is -1.11. The van der Waals surface area contributed by atoms with Gasteiger partial charge in [-0.2, -0.15) is 5.43 Å². The van der Waals surface area contributed by atoms with Gasteiger partial charge in [-0.1, -0.05) is 15.9 Å². The first-order valence-corrected chi connectivity index (χ1v) is 4.38. The number of quaternary nitrogens is 1. The monoisotopic (exact) mass is 243 g/mol. The number of carbonyl (C=O) groups excluding carboxylic acids is 1. The average molecular weight is 244 g/mol. The van der Waals surface area contributed by atoms with Gasteiger partial charge in [0.25, 0.3) is 0 Å². The molecule has 0 fully saturated rings. The zero-order chi connectivity index (χ0) is 9.42. The van der Waals surface area contributed by atoms with Crippen LogP contribution in [-0.4, -0.2) is 6.03 Å². The van der Waals surface area contributed by atoms with Crippen LogP contribution in [-0.2, 0) is 0 Å². The molecule has 0 aromatic heterocycles. The van der Waals surface area contributed by atoms with E-state index < -0.39 is 6.03 Å². The summed E-state index contributed by atoms with van der Waals surface area (Å²) in [5, 5.41) is 13.4. The lowest BCUT2D eigenvalue weighted by atomic mass is 10.2. The van der Waals surface area contributed by atoms with Crippen molar-refractivity contribution in [1.82, 2.24) is 5.43 Å². The zero-order valence-electron chi connectivity index (χ0n) is 6.43. The van der Waals surface area contributed by atoms with Crippen molar-refractivity contribution in [3.05, 3.63) is 27.9 Å². The van der Waals surface area contributed by atoms with Gasteiger partial charge in [-0.3, -0.25) is 5.32 Å². The molecule has 1 unspecified atom stereocenters. The molecular formula is C7H6BrN3O2. The maximum Gasteiger partial charge on any atom is 0.364 e. The van der Waals surface area contributed by atoms with Gasteiger partial charge in [-0.05, 0) is 12.1 Å². The van der Waals surface area contributed by atoms with E-state index in [4.69, 9.17) is 0 Å². The normalized spacial score (nSPS) is 20.2. The Morgan fingerprint density at radius 1 is 1.46 bits per heavy atom. The molecule has 1 atom stereocenters. The minimum atomic E-state index is -0.486. The number of hydrogen-bond donors (Lipinski definition) is 3. The standard InChI is InChI=1S/C7H6BrN3O2/c8-4-1-2-5-6(3-4)11(13)10-7(12)9-5/h1-3,11H,(H2,9,10,12). The number of nitrogens with one attached hydrogen (secondary N) is 3. The summed E-state index contributed by atoms with van der Waals surface area (Å²) in [4.78, 5) is 10.9. The Morgan fingerprint density at radius 2 is 2.23 bits per heavy atom. The van der Waals surface area contributed by atoms with E-state index in [0.717, 1.165) is 4.47 Å². The van der Waals surface area contributed by atoms with Crippen LogP contribution in [0.3, 0.4) is 0 Å². The average Bonchev–Trinajstić information content (AvgIpc) is 2.06. The molecular weight excluding hydrogens is 238 g/mol. The summed E-state index contributed by atoms with van der Waals surface area (Å²) in [5.74, 6) is 0. The summed E-state index contributed by atoms with van der Waals surface area (Å²) in [5.41, 5.74) is 3.16. The molecule has 6 heteroatoms. The van der Waals surface area contributed by atoms with Crippen molar-refractivity contribution in [3.63, 3.8) is 0 Å². The van der Waals surface area contributed by atoms with Gasteiger partial charge >= 0.3 is 6.03 Å². The van der Waals surface area contributed by atoms with E-state index in [2.05, 4.69) is 26.7 Å². The molecule has 13 heavy (non-hydrogen) atoms. The zero-order valence-corrected chi connectivity index (χ0v) is 8.01. The Kier molecular flexibility index (Phi) is 1.95. The van der Waals surface area contributed by atoms with Crippen LogP contribution in [0.2, 0.25) is 0 Å². The second-order valence-electron chi connectivity index (χ2n) is 2.60. The number of benzene rings is 1. The predicted molar refractivity (Wildman–Crippen MR) is 50.3 cm³/mol. The molecule has 1 aromatic rings. The maximum atomic E-state index is 11.3. The number of anilines is 1. The van der Waals surface area contributed by atoms with E-state index in [1.54, 1.807) is 18.2 Å². The fourth-order valence-electron chi connectivity index (χ4n) is 1.14. The van der Waals surface area contributed by atoms with Gasteiger partial charge in [0.1, 0.15) is 5.69 Å². The van der Waals surface area contributed by atoms with E-state index in [-0.39, 0.29) is 5.17 Å². The second kappa shape index (κ2) is 2.99. The molecule has 1 aromatic carbocycles. The first-order valence-electron chi connectivity index (χ1n) is 3.59. The van der Waals surface area contributed by atoms with Gasteiger partial charge in [-0.25, -0.2) is 9.97 Å². The molecule has 5 nitrogen and oxygen atoms in total. The minimum Gasteiger partial charge on any atom is -0.603 e. The van der Waals surface area contributed by atoms with Gasteiger partial charge in [-0.15, -0.1) is 0 Å². The number of halogens is 1. The number of urea groups is 1. The summed E-state index contributed by atoms with van der Waals surface area (Å²) in [6, 6.07) is 4.61. The van der Waals surface area contributed by atoms with Crippen LogP contribution in [0.25, 0.3) is 0 Å². The highest BCUT2D eigenvalue weighted by atomic mass is 79.9. The molecule has 2 rings (SSSR count). The number of amides is 2. The van der Waals surface area contributed by atoms with E-state index in [0.29, 0.717) is 11.4 Å². The molecule has 1 aliphatic heterocycles. The Morgan fingerprint density at radius 3 is 3.00 bits per heavy atom. The highest BCUT2D eigenvalue weighted by Crippen LogP contribution is 2.23. The smallest absolute Gasteiger partial charge is 0.364 e. The number of fused-ring (bicyclic) bond motifs is 1. The van der Waals surface area contributed by atoms with Crippen molar-refractivity contribution in [1.29, 1.82) is 0 Å². The van der Waals surface area contributed by atoms with E-state index in [1.165, 1.54) is 0 Å². The van der Waals surface area contributed by atoms with Crippen LogP contribution in [0.15, 0.2) is 22.7 Å². The third-order valence-electron chi connectivity index (χ3n) is 1.70. The van der Waals surface area contributed by atoms with Crippen molar-refractivity contribution in [2.45, 2.75) is 0 Å². The minimum absolute atomic E-state index is 0.375. The Bertz CT molecular complexity index is 369. The van der Waals surface area contributed by atoms with Crippen LogP contribution >= 0.6 is 15.9 Å². The lowest BCUT2D eigenvalue weighted by molar-refractivity contribution is -0.817. The summed E-state index contributed by atoms with van der Waals surface area (Å²) >= 11 is 3.24. The molecule has 0 saturated carbocycles. The van der Waals surface area contributed by atoms with Gasteiger partial charge in [0.15, 0.2) is 5.69 Å². The topological polar surface area (TPSA) is 68.6 Å². The first kappa shape index (κ1) is 8.49.